The maximum absolute atomic E-state index is 11.0. The van der Waals surface area contributed by atoms with Gasteiger partial charge in [0.1, 0.15) is 11.2 Å². The first-order chi connectivity index (χ1) is 7.63. The van der Waals surface area contributed by atoms with Crippen LogP contribution in [0.1, 0.15) is 5.56 Å². The van der Waals surface area contributed by atoms with Crippen LogP contribution in [-0.4, -0.2) is 30.6 Å². The molecule has 0 saturated heterocycles. The van der Waals surface area contributed by atoms with E-state index in [2.05, 4.69) is 10.3 Å². The van der Waals surface area contributed by atoms with E-state index in [0.29, 0.717) is 11.7 Å². The average Bonchev–Trinajstić information content (AvgIpc) is 2.26. The molecule has 0 bridgehead atoms. The third-order valence-electron chi connectivity index (χ3n) is 2.02. The van der Waals surface area contributed by atoms with Crippen molar-refractivity contribution in [3.63, 3.8) is 0 Å². The van der Waals surface area contributed by atoms with E-state index in [9.17, 15) is 4.79 Å². The molecule has 1 amide bonds. The summed E-state index contributed by atoms with van der Waals surface area (Å²) in [5.41, 5.74) is 6.12. The summed E-state index contributed by atoms with van der Waals surface area (Å²) in [7, 11) is 1.52. The van der Waals surface area contributed by atoms with Crippen LogP contribution >= 0.6 is 11.6 Å². The number of ether oxygens (including phenoxy) is 1. The number of nitrogens with one attached hydrogen (secondary N) is 1. The monoisotopic (exact) mass is 243 g/mol. The molecule has 1 aromatic rings. The molecule has 0 aliphatic carbocycles. The Morgan fingerprint density at radius 2 is 2.44 bits per heavy atom. The van der Waals surface area contributed by atoms with Crippen molar-refractivity contribution < 1.29 is 9.53 Å². The fourth-order valence-corrected chi connectivity index (χ4v) is 1.27. The van der Waals surface area contributed by atoms with Crippen LogP contribution < -0.4 is 11.1 Å². The summed E-state index contributed by atoms with van der Waals surface area (Å²) < 4.78 is 4.87. The summed E-state index contributed by atoms with van der Waals surface area (Å²) in [6.07, 6.45) is 1.64. The Hall–Kier alpha value is -1.17. The van der Waals surface area contributed by atoms with E-state index >= 15 is 0 Å². The minimum atomic E-state index is -0.499. The van der Waals surface area contributed by atoms with Crippen molar-refractivity contribution >= 4 is 17.5 Å². The third-order valence-corrected chi connectivity index (χ3v) is 2.24. The van der Waals surface area contributed by atoms with Crippen molar-refractivity contribution in [3.05, 3.63) is 29.0 Å². The molecule has 0 aromatic carbocycles. The number of carbonyl (C=O) groups excluding carboxylic acids is 1. The maximum Gasteiger partial charge on any atom is 0.236 e. The molecule has 1 rings (SSSR count). The van der Waals surface area contributed by atoms with Crippen molar-refractivity contribution in [3.8, 4) is 0 Å². The van der Waals surface area contributed by atoms with Gasteiger partial charge in [0.05, 0.1) is 6.61 Å². The van der Waals surface area contributed by atoms with Crippen molar-refractivity contribution in [2.75, 3.05) is 13.7 Å². The summed E-state index contributed by atoms with van der Waals surface area (Å²) in [6, 6.07) is 3.02. The molecule has 1 heterocycles. The number of pyridine rings is 1. The van der Waals surface area contributed by atoms with Crippen LogP contribution in [0.2, 0.25) is 5.15 Å². The van der Waals surface area contributed by atoms with Gasteiger partial charge >= 0.3 is 0 Å². The minimum Gasteiger partial charge on any atom is -0.383 e. The van der Waals surface area contributed by atoms with Gasteiger partial charge < -0.3 is 10.5 Å². The fourth-order valence-electron chi connectivity index (χ4n) is 1.16. The second-order valence-corrected chi connectivity index (χ2v) is 3.67. The number of rotatable bonds is 6. The van der Waals surface area contributed by atoms with Crippen LogP contribution in [-0.2, 0) is 16.1 Å². The Kier molecular flexibility index (Phi) is 5.18. The minimum absolute atomic E-state index is 0.246. The summed E-state index contributed by atoms with van der Waals surface area (Å²) in [4.78, 5) is 14.9. The molecule has 1 aromatic heterocycles. The van der Waals surface area contributed by atoms with Gasteiger partial charge in [-0.05, 0) is 11.6 Å². The smallest absolute Gasteiger partial charge is 0.236 e. The van der Waals surface area contributed by atoms with E-state index in [1.807, 2.05) is 6.07 Å². The second-order valence-electron chi connectivity index (χ2n) is 3.28. The fraction of sp³-hybridized carbons (Fsp3) is 0.400. The number of aromatic nitrogens is 1. The predicted molar refractivity (Wildman–Crippen MR) is 60.9 cm³/mol. The van der Waals surface area contributed by atoms with E-state index in [0.717, 1.165) is 5.56 Å². The lowest BCUT2D eigenvalue weighted by atomic mass is 10.2. The first-order valence-electron chi connectivity index (χ1n) is 4.75. The van der Waals surface area contributed by atoms with Crippen molar-refractivity contribution in [1.29, 1.82) is 0 Å². The van der Waals surface area contributed by atoms with E-state index in [1.54, 1.807) is 12.3 Å². The van der Waals surface area contributed by atoms with Crippen molar-refractivity contribution in [1.82, 2.24) is 10.3 Å². The van der Waals surface area contributed by atoms with Gasteiger partial charge in [-0.1, -0.05) is 17.7 Å². The first kappa shape index (κ1) is 12.9. The highest BCUT2D eigenvalue weighted by Gasteiger charge is 2.13. The molecular weight excluding hydrogens is 230 g/mol. The first-order valence-corrected chi connectivity index (χ1v) is 5.13. The highest BCUT2D eigenvalue weighted by Crippen LogP contribution is 2.05. The molecule has 16 heavy (non-hydrogen) atoms. The maximum atomic E-state index is 11.0. The zero-order valence-electron chi connectivity index (χ0n) is 8.94. The topological polar surface area (TPSA) is 77.2 Å². The number of primary amides is 1. The van der Waals surface area contributed by atoms with Gasteiger partial charge in [0, 0.05) is 19.9 Å². The van der Waals surface area contributed by atoms with Gasteiger partial charge in [-0.2, -0.15) is 0 Å². The quantitative estimate of drug-likeness (QED) is 0.706. The molecular formula is C10H14ClN3O2. The van der Waals surface area contributed by atoms with Gasteiger partial charge in [-0.15, -0.1) is 0 Å². The van der Waals surface area contributed by atoms with Gasteiger partial charge in [0.2, 0.25) is 5.91 Å². The molecule has 0 saturated carbocycles. The molecule has 1 atom stereocenters. The lowest BCUT2D eigenvalue weighted by Gasteiger charge is -2.14. The molecule has 3 N–H and O–H groups in total. The zero-order chi connectivity index (χ0) is 12.0. The van der Waals surface area contributed by atoms with Crippen LogP contribution in [0.4, 0.5) is 0 Å². The molecule has 5 nitrogen and oxygen atoms in total. The third kappa shape index (κ3) is 4.14. The second kappa shape index (κ2) is 6.42. The number of methoxy groups -OCH3 is 1. The lowest BCUT2D eigenvalue weighted by Crippen LogP contribution is -2.44. The molecule has 6 heteroatoms. The van der Waals surface area contributed by atoms with Crippen LogP contribution in [0.25, 0.3) is 0 Å². The summed E-state index contributed by atoms with van der Waals surface area (Å²) >= 11 is 5.65. The Balaban J connectivity index is 2.48. The zero-order valence-corrected chi connectivity index (χ0v) is 9.70. The lowest BCUT2D eigenvalue weighted by molar-refractivity contribution is -0.121. The highest BCUT2D eigenvalue weighted by atomic mass is 35.5. The van der Waals surface area contributed by atoms with Crippen molar-refractivity contribution in [2.24, 2.45) is 5.73 Å². The van der Waals surface area contributed by atoms with Gasteiger partial charge in [0.25, 0.3) is 0 Å². The highest BCUT2D eigenvalue weighted by molar-refractivity contribution is 6.29. The molecule has 88 valence electrons. The molecule has 0 spiro atoms. The number of hydrogen-bond donors (Lipinski definition) is 2. The van der Waals surface area contributed by atoms with E-state index in [4.69, 9.17) is 22.1 Å². The van der Waals surface area contributed by atoms with Gasteiger partial charge in [-0.3, -0.25) is 10.1 Å². The molecule has 0 radical (unpaired) electrons. The normalized spacial score (nSPS) is 12.4. The van der Waals surface area contributed by atoms with E-state index in [-0.39, 0.29) is 6.61 Å². The molecule has 0 aliphatic rings. The van der Waals surface area contributed by atoms with E-state index < -0.39 is 11.9 Å². The van der Waals surface area contributed by atoms with E-state index in [1.165, 1.54) is 7.11 Å². The van der Waals surface area contributed by atoms with Gasteiger partial charge in [0.15, 0.2) is 0 Å². The van der Waals surface area contributed by atoms with Crippen LogP contribution in [0.5, 0.6) is 0 Å². The summed E-state index contributed by atoms with van der Waals surface area (Å²) in [5.74, 6) is -0.441. The summed E-state index contributed by atoms with van der Waals surface area (Å²) in [5, 5.41) is 3.41. The number of hydrogen-bond acceptors (Lipinski definition) is 4. The summed E-state index contributed by atoms with van der Waals surface area (Å²) in [6.45, 7) is 0.734. The number of halogens is 1. The average molecular weight is 244 g/mol. The van der Waals surface area contributed by atoms with Gasteiger partial charge in [-0.25, -0.2) is 4.98 Å². The largest absolute Gasteiger partial charge is 0.383 e. The van der Waals surface area contributed by atoms with Crippen LogP contribution in [0, 0.1) is 0 Å². The Morgan fingerprint density at radius 3 is 2.94 bits per heavy atom. The molecule has 1 unspecified atom stereocenters. The predicted octanol–water partition coefficient (Wildman–Crippen LogP) is 0.325. The Bertz CT molecular complexity index is 342. The van der Waals surface area contributed by atoms with Crippen molar-refractivity contribution in [2.45, 2.75) is 12.6 Å². The Labute approximate surface area is 98.9 Å². The number of nitrogens with zero attached hydrogens (tertiary/aromatic N) is 1. The number of nitrogens with two attached hydrogens (primary N) is 1. The number of amides is 1. The van der Waals surface area contributed by atoms with Crippen LogP contribution in [0.3, 0.4) is 0 Å². The standard InChI is InChI=1S/C10H14ClN3O2/c1-16-6-8(10(12)15)13-4-7-2-3-9(11)14-5-7/h2-3,5,8,13H,4,6H2,1H3,(H2,12,15). The Morgan fingerprint density at radius 1 is 1.69 bits per heavy atom. The van der Waals surface area contributed by atoms with Crippen LogP contribution in [0.15, 0.2) is 18.3 Å². The SMILES string of the molecule is COCC(NCc1ccc(Cl)nc1)C(N)=O. The molecule has 0 fully saturated rings. The molecule has 0 aliphatic heterocycles. The number of carbonyl (C=O) groups is 1.